The van der Waals surface area contributed by atoms with E-state index in [1.54, 1.807) is 41.3 Å². The lowest BCUT2D eigenvalue weighted by Gasteiger charge is -2.28. The molecule has 0 bridgehead atoms. The predicted octanol–water partition coefficient (Wildman–Crippen LogP) is 5.99. The van der Waals surface area contributed by atoms with Crippen LogP contribution in [-0.2, 0) is 22.7 Å². The Kier molecular flexibility index (Phi) is 9.97. The third-order valence-electron chi connectivity index (χ3n) is 6.57. The van der Waals surface area contributed by atoms with Crippen molar-refractivity contribution in [1.82, 2.24) is 9.80 Å². The number of amides is 2. The van der Waals surface area contributed by atoms with E-state index in [9.17, 15) is 14.4 Å². The molecule has 0 saturated heterocycles. The van der Waals surface area contributed by atoms with Gasteiger partial charge < -0.3 is 19.0 Å². The molecule has 1 aromatic heterocycles. The number of halogens is 1. The van der Waals surface area contributed by atoms with Gasteiger partial charge in [0, 0.05) is 18.1 Å². The highest BCUT2D eigenvalue weighted by atomic mass is 35.5. The molecule has 0 radical (unpaired) electrons. The Morgan fingerprint density at radius 1 is 0.925 bits per heavy atom. The van der Waals surface area contributed by atoms with E-state index in [0.717, 1.165) is 24.0 Å². The van der Waals surface area contributed by atoms with Crippen LogP contribution in [0.4, 0.5) is 0 Å². The molecule has 1 heterocycles. The number of carbonyl (C=O) groups is 2. The van der Waals surface area contributed by atoms with Gasteiger partial charge in [0.05, 0.1) is 30.3 Å². The van der Waals surface area contributed by atoms with Crippen LogP contribution >= 0.6 is 11.6 Å². The van der Waals surface area contributed by atoms with Crippen LogP contribution in [-0.4, -0.2) is 41.3 Å². The summed E-state index contributed by atoms with van der Waals surface area (Å²) < 4.78 is 11.4. The molecule has 0 fully saturated rings. The number of hydrogen-bond acceptors (Lipinski definition) is 5. The first-order chi connectivity index (χ1) is 19.3. The van der Waals surface area contributed by atoms with E-state index in [0.29, 0.717) is 33.8 Å². The molecule has 0 aliphatic heterocycles. The van der Waals surface area contributed by atoms with Crippen LogP contribution in [0.2, 0.25) is 5.02 Å². The highest BCUT2D eigenvalue weighted by Crippen LogP contribution is 2.17. The van der Waals surface area contributed by atoms with E-state index in [-0.39, 0.29) is 43.5 Å². The number of benzene rings is 3. The Labute approximate surface area is 238 Å². The molecule has 2 amide bonds. The van der Waals surface area contributed by atoms with Crippen LogP contribution in [0.5, 0.6) is 5.75 Å². The summed E-state index contributed by atoms with van der Waals surface area (Å²) >= 11 is 5.93. The summed E-state index contributed by atoms with van der Waals surface area (Å²) in [6.07, 6.45) is 3.03. The number of ether oxygens (including phenoxy) is 1. The largest absolute Gasteiger partial charge is 0.484 e. The molecule has 4 aromatic rings. The van der Waals surface area contributed by atoms with Crippen LogP contribution in [0.25, 0.3) is 11.0 Å². The van der Waals surface area contributed by atoms with E-state index in [1.165, 1.54) is 11.2 Å². The standard InChI is InChI=1S/C32H33ClN2O5/c1-3-4-16-34(31(37)22-39-27-13-11-26(33)12-14-27)20-30(36)35(18-24-8-6-5-7-9-24)19-25-21-40-29-15-10-23(2)17-28(29)32(25)38/h5-15,17,21H,3-4,16,18-20,22H2,1-2H3. The van der Waals surface area contributed by atoms with Crippen molar-refractivity contribution in [2.24, 2.45) is 0 Å². The molecule has 0 aliphatic carbocycles. The minimum atomic E-state index is -0.294. The summed E-state index contributed by atoms with van der Waals surface area (Å²) in [5, 5.41) is 1.05. The lowest BCUT2D eigenvalue weighted by atomic mass is 10.1. The quantitative estimate of drug-likeness (QED) is 0.212. The lowest BCUT2D eigenvalue weighted by Crippen LogP contribution is -2.44. The summed E-state index contributed by atoms with van der Waals surface area (Å²) in [4.78, 5) is 43.3. The van der Waals surface area contributed by atoms with Gasteiger partial charge in [0.25, 0.3) is 5.91 Å². The predicted molar refractivity (Wildman–Crippen MR) is 156 cm³/mol. The summed E-state index contributed by atoms with van der Waals surface area (Å²) in [7, 11) is 0. The SMILES string of the molecule is CCCCN(CC(=O)N(Cc1ccccc1)Cc1coc2ccc(C)cc2c1=O)C(=O)COc1ccc(Cl)cc1. The van der Waals surface area contributed by atoms with E-state index in [4.69, 9.17) is 20.8 Å². The number of fused-ring (bicyclic) bond motifs is 1. The molecular weight excluding hydrogens is 528 g/mol. The average molecular weight is 561 g/mol. The molecule has 0 aliphatic rings. The maximum Gasteiger partial charge on any atom is 0.260 e. The molecule has 0 spiro atoms. The van der Waals surface area contributed by atoms with E-state index >= 15 is 0 Å². The highest BCUT2D eigenvalue weighted by molar-refractivity contribution is 6.30. The van der Waals surface area contributed by atoms with E-state index in [1.807, 2.05) is 50.2 Å². The molecule has 208 valence electrons. The summed E-state index contributed by atoms with van der Waals surface area (Å²) in [5.41, 5.74) is 2.55. The molecule has 0 unspecified atom stereocenters. The maximum atomic E-state index is 13.7. The zero-order valence-corrected chi connectivity index (χ0v) is 23.5. The average Bonchev–Trinajstić information content (AvgIpc) is 2.96. The fraction of sp³-hybridized carbons (Fsp3) is 0.281. The van der Waals surface area contributed by atoms with Crippen molar-refractivity contribution in [3.63, 3.8) is 0 Å². The van der Waals surface area contributed by atoms with Crippen molar-refractivity contribution < 1.29 is 18.7 Å². The third-order valence-corrected chi connectivity index (χ3v) is 6.82. The Bertz CT molecular complexity index is 1500. The van der Waals surface area contributed by atoms with E-state index < -0.39 is 0 Å². The highest BCUT2D eigenvalue weighted by Gasteiger charge is 2.23. The summed E-state index contributed by atoms with van der Waals surface area (Å²) in [6.45, 7) is 4.35. The molecule has 7 nitrogen and oxygen atoms in total. The van der Waals surface area contributed by atoms with Crippen molar-refractivity contribution in [2.45, 2.75) is 39.8 Å². The molecule has 4 rings (SSSR count). The van der Waals surface area contributed by atoms with Gasteiger partial charge in [0.15, 0.2) is 12.0 Å². The van der Waals surface area contributed by atoms with Crippen LogP contribution in [0.15, 0.2) is 88.3 Å². The first-order valence-corrected chi connectivity index (χ1v) is 13.7. The minimum Gasteiger partial charge on any atom is -0.484 e. The zero-order chi connectivity index (χ0) is 28.5. The minimum absolute atomic E-state index is 0.0526. The van der Waals surface area contributed by atoms with Crippen molar-refractivity contribution >= 4 is 34.4 Å². The molecule has 3 aromatic carbocycles. The first-order valence-electron chi connectivity index (χ1n) is 13.3. The lowest BCUT2D eigenvalue weighted by molar-refractivity contribution is -0.142. The Morgan fingerprint density at radius 3 is 2.40 bits per heavy atom. The zero-order valence-electron chi connectivity index (χ0n) is 22.8. The normalized spacial score (nSPS) is 10.9. The van der Waals surface area contributed by atoms with Gasteiger partial charge in [0.2, 0.25) is 5.91 Å². The number of hydrogen-bond donors (Lipinski definition) is 0. The molecule has 0 atom stereocenters. The Hall–Kier alpha value is -4.10. The van der Waals surface area contributed by atoms with Crippen molar-refractivity contribution in [2.75, 3.05) is 19.7 Å². The smallest absolute Gasteiger partial charge is 0.260 e. The van der Waals surface area contributed by atoms with Crippen molar-refractivity contribution in [3.8, 4) is 5.75 Å². The molecule has 40 heavy (non-hydrogen) atoms. The number of aryl methyl sites for hydroxylation is 1. The summed E-state index contributed by atoms with van der Waals surface area (Å²) in [5.74, 6) is -0.0517. The van der Waals surface area contributed by atoms with Crippen LogP contribution < -0.4 is 10.2 Å². The number of rotatable bonds is 12. The molecule has 0 saturated carbocycles. The van der Waals surface area contributed by atoms with Gasteiger partial charge in [-0.1, -0.05) is 66.9 Å². The second-order valence-electron chi connectivity index (χ2n) is 9.74. The van der Waals surface area contributed by atoms with Gasteiger partial charge in [0.1, 0.15) is 11.3 Å². The molecule has 8 heteroatoms. The first kappa shape index (κ1) is 28.9. The number of carbonyl (C=O) groups excluding carboxylic acids is 2. The monoisotopic (exact) mass is 560 g/mol. The van der Waals surface area contributed by atoms with Crippen LogP contribution in [0.1, 0.15) is 36.5 Å². The number of unbranched alkanes of at least 4 members (excludes halogenated alkanes) is 1. The van der Waals surface area contributed by atoms with Gasteiger partial charge in [-0.15, -0.1) is 0 Å². The third kappa shape index (κ3) is 7.73. The second-order valence-corrected chi connectivity index (χ2v) is 10.2. The van der Waals surface area contributed by atoms with Gasteiger partial charge in [-0.2, -0.15) is 0 Å². The van der Waals surface area contributed by atoms with Crippen LogP contribution in [0.3, 0.4) is 0 Å². The van der Waals surface area contributed by atoms with Gasteiger partial charge in [-0.3, -0.25) is 14.4 Å². The van der Waals surface area contributed by atoms with Crippen molar-refractivity contribution in [3.05, 3.63) is 111 Å². The topological polar surface area (TPSA) is 80.1 Å². The Morgan fingerprint density at radius 2 is 1.68 bits per heavy atom. The van der Waals surface area contributed by atoms with Crippen molar-refractivity contribution in [1.29, 1.82) is 0 Å². The van der Waals surface area contributed by atoms with Gasteiger partial charge >= 0.3 is 0 Å². The second kappa shape index (κ2) is 13.8. The van der Waals surface area contributed by atoms with Gasteiger partial charge in [-0.25, -0.2) is 0 Å². The fourth-order valence-electron chi connectivity index (χ4n) is 4.31. The fourth-order valence-corrected chi connectivity index (χ4v) is 4.43. The molecular formula is C32H33ClN2O5. The van der Waals surface area contributed by atoms with E-state index in [2.05, 4.69) is 0 Å². The summed E-state index contributed by atoms with van der Waals surface area (Å²) in [6, 6.07) is 21.7. The van der Waals surface area contributed by atoms with Gasteiger partial charge in [-0.05, 0) is 55.3 Å². The maximum absolute atomic E-state index is 13.7. The Balaban J connectivity index is 1.55. The number of nitrogens with zero attached hydrogens (tertiary/aromatic N) is 2. The van der Waals surface area contributed by atoms with Crippen LogP contribution in [0, 0.1) is 6.92 Å². The molecule has 0 N–H and O–H groups in total.